The molecule has 0 aromatic heterocycles. The Balaban J connectivity index is 2.02. The van der Waals surface area contributed by atoms with Gasteiger partial charge in [-0.2, -0.15) is 0 Å². The van der Waals surface area contributed by atoms with Crippen molar-refractivity contribution in [2.45, 2.75) is 46.5 Å². The van der Waals surface area contributed by atoms with E-state index >= 15 is 0 Å². The monoisotopic (exact) mass is 372 g/mol. The van der Waals surface area contributed by atoms with Crippen molar-refractivity contribution >= 4 is 23.5 Å². The van der Waals surface area contributed by atoms with Crippen molar-refractivity contribution in [3.63, 3.8) is 0 Å². The summed E-state index contributed by atoms with van der Waals surface area (Å²) in [5, 5.41) is 14.2. The zero-order valence-corrected chi connectivity index (χ0v) is 16.0. The van der Waals surface area contributed by atoms with Crippen molar-refractivity contribution in [1.29, 1.82) is 0 Å². The molecule has 0 saturated heterocycles. The average Bonchev–Trinajstić information content (AvgIpc) is 2.64. The van der Waals surface area contributed by atoms with Crippen LogP contribution >= 0.6 is 0 Å². The molecule has 1 amide bonds. The van der Waals surface area contributed by atoms with E-state index in [4.69, 9.17) is 4.74 Å². The smallest absolute Gasteiger partial charge is 0.338 e. The number of ether oxygens (including phenoxy) is 1. The zero-order valence-electron chi connectivity index (χ0n) is 16.0. The molecule has 2 atom stereocenters. The van der Waals surface area contributed by atoms with Gasteiger partial charge in [-0.15, -0.1) is 0 Å². The second-order valence-corrected chi connectivity index (χ2v) is 7.06. The maximum absolute atomic E-state index is 12.6. The minimum atomic E-state index is -1.20. The molecule has 0 spiro atoms. The fraction of sp³-hybridized carbons (Fsp3) is 0.476. The van der Waals surface area contributed by atoms with E-state index in [0.29, 0.717) is 30.7 Å². The molecule has 1 aromatic rings. The molecule has 0 heterocycles. The van der Waals surface area contributed by atoms with E-state index in [9.17, 15) is 19.5 Å². The molecule has 2 rings (SSSR count). The first-order valence-electron chi connectivity index (χ1n) is 9.27. The number of amides is 1. The highest BCUT2D eigenvalue weighted by molar-refractivity contribution is 5.96. The third-order valence-corrected chi connectivity index (χ3v) is 5.03. The molecule has 0 unspecified atom stereocenters. The Morgan fingerprint density at radius 1 is 1.07 bits per heavy atom. The van der Waals surface area contributed by atoms with Gasteiger partial charge in [0.05, 0.1) is 18.1 Å². The summed E-state index contributed by atoms with van der Waals surface area (Å²) in [7, 11) is 0. The van der Waals surface area contributed by atoms with Gasteiger partial charge in [-0.25, -0.2) is 4.79 Å². The molecule has 27 heavy (non-hydrogen) atoms. The molecule has 1 aliphatic rings. The van der Waals surface area contributed by atoms with E-state index in [2.05, 4.69) is 5.32 Å². The van der Waals surface area contributed by atoms with Gasteiger partial charge in [-0.05, 0) is 57.4 Å². The lowest BCUT2D eigenvalue weighted by atomic mass is 9.76. The predicted octanol–water partition coefficient (Wildman–Crippen LogP) is 2.69. The number of nitrogens with one attached hydrogen (secondary N) is 1. The molecule has 0 bridgehead atoms. The van der Waals surface area contributed by atoms with Crippen LogP contribution in [-0.4, -0.2) is 24.5 Å². The molecule has 146 valence electrons. The Morgan fingerprint density at radius 3 is 2.22 bits per heavy atom. The minimum Gasteiger partial charge on any atom is -0.550 e. The lowest BCUT2D eigenvalue weighted by molar-refractivity contribution is -0.313. The number of carbonyl (C=O) groups excluding carboxylic acids is 3. The molecule has 1 aromatic carbocycles. The Hall–Kier alpha value is -2.63. The van der Waals surface area contributed by atoms with Crippen molar-refractivity contribution in [3.05, 3.63) is 41.0 Å². The average molecular weight is 372 g/mol. The quantitative estimate of drug-likeness (QED) is 0.451. The number of carboxylic acid groups (broad SMARTS) is 1. The lowest BCUT2D eigenvalue weighted by Gasteiger charge is -2.32. The van der Waals surface area contributed by atoms with Crippen LogP contribution in [0.15, 0.2) is 35.4 Å². The minimum absolute atomic E-state index is 0.328. The number of carboxylic acids is 1. The van der Waals surface area contributed by atoms with Crippen molar-refractivity contribution in [2.75, 3.05) is 11.9 Å². The van der Waals surface area contributed by atoms with Gasteiger partial charge in [0, 0.05) is 17.6 Å². The van der Waals surface area contributed by atoms with Gasteiger partial charge >= 0.3 is 5.97 Å². The molecule has 0 saturated carbocycles. The van der Waals surface area contributed by atoms with Gasteiger partial charge in [-0.1, -0.05) is 24.5 Å². The number of aliphatic carboxylic acids is 1. The lowest BCUT2D eigenvalue weighted by Crippen LogP contribution is -2.42. The number of hydrogen-bond acceptors (Lipinski definition) is 5. The van der Waals surface area contributed by atoms with E-state index in [-0.39, 0.29) is 5.91 Å². The highest BCUT2D eigenvalue weighted by Gasteiger charge is 2.33. The van der Waals surface area contributed by atoms with Gasteiger partial charge in [0.25, 0.3) is 0 Å². The number of unbranched alkanes of at least 4 members (excludes halogenated alkanes) is 1. The molecular weight excluding hydrogens is 346 g/mol. The zero-order chi connectivity index (χ0) is 20.0. The van der Waals surface area contributed by atoms with Crippen LogP contribution in [0.3, 0.4) is 0 Å². The SMILES string of the molecule is CCCCOC(=O)c1ccc(NC(=O)[C@@H]2CC(C)=C(C)C[C@H]2C(=O)[O-])cc1. The first-order chi connectivity index (χ1) is 12.8. The van der Waals surface area contributed by atoms with Gasteiger partial charge in [0.2, 0.25) is 5.91 Å². The Bertz CT molecular complexity index is 735. The summed E-state index contributed by atoms with van der Waals surface area (Å²) in [6.07, 6.45) is 2.49. The fourth-order valence-corrected chi connectivity index (χ4v) is 3.13. The maximum Gasteiger partial charge on any atom is 0.338 e. The van der Waals surface area contributed by atoms with E-state index in [0.717, 1.165) is 24.0 Å². The molecule has 6 heteroatoms. The predicted molar refractivity (Wildman–Crippen MR) is 99.9 cm³/mol. The van der Waals surface area contributed by atoms with Gasteiger partial charge in [-0.3, -0.25) is 4.79 Å². The van der Waals surface area contributed by atoms with Crippen molar-refractivity contribution in [3.8, 4) is 0 Å². The van der Waals surface area contributed by atoms with Gasteiger partial charge in [0.1, 0.15) is 0 Å². The molecule has 1 N–H and O–H groups in total. The van der Waals surface area contributed by atoms with Gasteiger partial charge < -0.3 is 20.0 Å². The Morgan fingerprint density at radius 2 is 1.67 bits per heavy atom. The summed E-state index contributed by atoms with van der Waals surface area (Å²) in [4.78, 5) is 35.9. The fourth-order valence-electron chi connectivity index (χ4n) is 3.13. The third kappa shape index (κ3) is 5.42. The van der Waals surface area contributed by atoms with Crippen molar-refractivity contribution in [1.82, 2.24) is 0 Å². The van der Waals surface area contributed by atoms with Crippen molar-refractivity contribution < 1.29 is 24.2 Å². The number of benzene rings is 1. The normalized spacial score (nSPS) is 19.5. The maximum atomic E-state index is 12.6. The molecule has 0 fully saturated rings. The molecular formula is C21H26NO5-. The van der Waals surface area contributed by atoms with Gasteiger partial charge in [0.15, 0.2) is 0 Å². The molecule has 6 nitrogen and oxygen atoms in total. The second kappa shape index (κ2) is 9.35. The number of carbonyl (C=O) groups is 3. The van der Waals surface area contributed by atoms with E-state index in [1.165, 1.54) is 0 Å². The van der Waals surface area contributed by atoms with E-state index in [1.807, 2.05) is 20.8 Å². The highest BCUT2D eigenvalue weighted by Crippen LogP contribution is 2.34. The first-order valence-corrected chi connectivity index (χ1v) is 9.27. The number of anilines is 1. The number of rotatable bonds is 7. The molecule has 0 aliphatic heterocycles. The second-order valence-electron chi connectivity index (χ2n) is 7.06. The number of allylic oxidation sites excluding steroid dienone is 2. The summed E-state index contributed by atoms with van der Waals surface area (Å²) in [6.45, 7) is 6.20. The van der Waals surface area contributed by atoms with Crippen LogP contribution in [0.2, 0.25) is 0 Å². The standard InChI is InChI=1S/C21H27NO5/c1-4-5-10-27-21(26)15-6-8-16(9-7-15)22-19(23)17-11-13(2)14(3)12-18(17)20(24)25/h6-9,17-18H,4-5,10-12H2,1-3H3,(H,22,23)(H,24,25)/p-1/t17-,18-/m1/s1. The molecule has 1 aliphatic carbocycles. The summed E-state index contributed by atoms with van der Waals surface area (Å²) in [5.41, 5.74) is 2.95. The number of hydrogen-bond donors (Lipinski definition) is 1. The largest absolute Gasteiger partial charge is 0.550 e. The van der Waals surface area contributed by atoms with Crippen LogP contribution in [0.25, 0.3) is 0 Å². The highest BCUT2D eigenvalue weighted by atomic mass is 16.5. The summed E-state index contributed by atoms with van der Waals surface area (Å²) in [6, 6.07) is 6.38. The van der Waals surface area contributed by atoms with Crippen LogP contribution in [0, 0.1) is 11.8 Å². The summed E-state index contributed by atoms with van der Waals surface area (Å²) < 4.78 is 5.14. The summed E-state index contributed by atoms with van der Waals surface area (Å²) >= 11 is 0. The van der Waals surface area contributed by atoms with Crippen LogP contribution in [0.4, 0.5) is 5.69 Å². The molecule has 0 radical (unpaired) electrons. The Kier molecular flexibility index (Phi) is 7.16. The summed E-state index contributed by atoms with van der Waals surface area (Å²) in [5.74, 6) is -3.46. The number of esters is 1. The topological polar surface area (TPSA) is 95.5 Å². The van der Waals surface area contributed by atoms with Crippen LogP contribution in [0.1, 0.15) is 56.8 Å². The van der Waals surface area contributed by atoms with E-state index < -0.39 is 23.8 Å². The third-order valence-electron chi connectivity index (χ3n) is 5.03. The van der Waals surface area contributed by atoms with Crippen LogP contribution in [0.5, 0.6) is 0 Å². The van der Waals surface area contributed by atoms with Crippen LogP contribution < -0.4 is 10.4 Å². The van der Waals surface area contributed by atoms with Crippen LogP contribution in [-0.2, 0) is 14.3 Å². The Labute approximate surface area is 159 Å². The van der Waals surface area contributed by atoms with E-state index in [1.54, 1.807) is 24.3 Å². The first kappa shape index (κ1) is 20.7. The van der Waals surface area contributed by atoms with Crippen molar-refractivity contribution in [2.24, 2.45) is 11.8 Å².